The highest BCUT2D eigenvalue weighted by Gasteiger charge is 2.71. The second kappa shape index (κ2) is 7.03. The summed E-state index contributed by atoms with van der Waals surface area (Å²) in [6, 6.07) is 0. The summed E-state index contributed by atoms with van der Waals surface area (Å²) in [5.74, 6) is -2.26. The quantitative estimate of drug-likeness (QED) is 0.459. The molecule has 0 amide bonds. The van der Waals surface area contributed by atoms with Crippen LogP contribution in [-0.4, -0.2) is 30.5 Å². The van der Waals surface area contributed by atoms with Gasteiger partial charge in [0.25, 0.3) is 5.67 Å². The lowest BCUT2D eigenvalue weighted by atomic mass is 9.91. The molecule has 0 saturated heterocycles. The van der Waals surface area contributed by atoms with Crippen molar-refractivity contribution in [3.05, 3.63) is 0 Å². The van der Waals surface area contributed by atoms with Crippen molar-refractivity contribution in [2.75, 3.05) is 0 Å². The molecule has 0 saturated carbocycles. The molecule has 0 spiro atoms. The van der Waals surface area contributed by atoms with Crippen LogP contribution in [0.4, 0.5) is 43.9 Å². The summed E-state index contributed by atoms with van der Waals surface area (Å²) in [7, 11) is 0. The van der Waals surface area contributed by atoms with Gasteiger partial charge in [-0.3, -0.25) is 0 Å². The lowest BCUT2D eigenvalue weighted by Gasteiger charge is -2.30. The lowest BCUT2D eigenvalue weighted by molar-refractivity contribution is -0.343. The smallest absolute Gasteiger partial charge is 0.303 e. The Morgan fingerprint density at radius 1 is 0.773 bits per heavy atom. The first-order valence-corrected chi connectivity index (χ1v) is 5.99. The third-order valence-corrected chi connectivity index (χ3v) is 3.07. The van der Waals surface area contributed by atoms with Crippen molar-refractivity contribution in [2.24, 2.45) is 5.92 Å². The van der Waals surface area contributed by atoms with Crippen LogP contribution in [0.2, 0.25) is 0 Å². The van der Waals surface area contributed by atoms with E-state index in [0.29, 0.717) is 0 Å². The fourth-order valence-corrected chi connectivity index (χ4v) is 1.78. The molecule has 0 radical (unpaired) electrons. The fraction of sp³-hybridized carbons (Fsp3) is 0.909. The van der Waals surface area contributed by atoms with Crippen LogP contribution < -0.4 is 0 Å². The van der Waals surface area contributed by atoms with Gasteiger partial charge < -0.3 is 4.79 Å². The minimum absolute atomic E-state index is 0.142. The summed E-state index contributed by atoms with van der Waals surface area (Å²) in [6.45, 7) is 0. The summed E-state index contributed by atoms with van der Waals surface area (Å²) < 4.78 is 124. The molecule has 0 aliphatic rings. The Labute approximate surface area is 118 Å². The van der Waals surface area contributed by atoms with Crippen molar-refractivity contribution < 1.29 is 48.7 Å². The number of hydrogen-bond acceptors (Lipinski definition) is 1. The summed E-state index contributed by atoms with van der Waals surface area (Å²) in [6.07, 6.45) is -23.2. The van der Waals surface area contributed by atoms with Crippen LogP contribution >= 0.6 is 0 Å². The van der Waals surface area contributed by atoms with Crippen LogP contribution in [0, 0.1) is 5.92 Å². The Balaban J connectivity index is 4.90. The van der Waals surface area contributed by atoms with Crippen LogP contribution in [0.3, 0.4) is 0 Å². The van der Waals surface area contributed by atoms with Gasteiger partial charge in [0.05, 0.1) is 5.92 Å². The molecule has 1 nitrogen and oxygen atoms in total. The zero-order chi connectivity index (χ0) is 17.8. The largest absolute Gasteiger partial charge is 0.431 e. The standard InChI is InChI=1S/C11H12F10O/c12-8(10(16,17)18,11(19,20)21)5-1-3-7(4-2-6-22)9(13,14)15/h6-7H,1-5H2. The third kappa shape index (κ3) is 5.31. The second-order valence-corrected chi connectivity index (χ2v) is 4.67. The van der Waals surface area contributed by atoms with Gasteiger partial charge in [0.2, 0.25) is 0 Å². The fourth-order valence-electron chi connectivity index (χ4n) is 1.78. The Morgan fingerprint density at radius 3 is 1.55 bits per heavy atom. The number of carbonyl (C=O) groups excluding carboxylic acids is 1. The van der Waals surface area contributed by atoms with Gasteiger partial charge in [-0.25, -0.2) is 4.39 Å². The zero-order valence-electron chi connectivity index (χ0n) is 10.9. The van der Waals surface area contributed by atoms with E-state index in [1.807, 2.05) is 0 Å². The minimum atomic E-state index is -6.28. The Kier molecular flexibility index (Phi) is 6.70. The van der Waals surface area contributed by atoms with E-state index in [0.717, 1.165) is 0 Å². The summed E-state index contributed by atoms with van der Waals surface area (Å²) in [4.78, 5) is 10.0. The van der Waals surface area contributed by atoms with Gasteiger partial charge in [0.1, 0.15) is 6.29 Å². The van der Waals surface area contributed by atoms with E-state index in [9.17, 15) is 48.7 Å². The van der Waals surface area contributed by atoms with Crippen molar-refractivity contribution in [3.8, 4) is 0 Å². The van der Waals surface area contributed by atoms with E-state index >= 15 is 0 Å². The van der Waals surface area contributed by atoms with Crippen LogP contribution in [0.5, 0.6) is 0 Å². The molecule has 0 aliphatic heterocycles. The van der Waals surface area contributed by atoms with Crippen LogP contribution in [0.25, 0.3) is 0 Å². The van der Waals surface area contributed by atoms with Crippen molar-refractivity contribution >= 4 is 6.29 Å². The first-order chi connectivity index (χ1) is 9.67. The predicted octanol–water partition coefficient (Wildman–Crippen LogP) is 5.15. The molecule has 1 atom stereocenters. The molecule has 11 heteroatoms. The van der Waals surface area contributed by atoms with Crippen molar-refractivity contribution in [3.63, 3.8) is 0 Å². The second-order valence-electron chi connectivity index (χ2n) is 4.67. The van der Waals surface area contributed by atoms with Crippen LogP contribution in [0.15, 0.2) is 0 Å². The highest BCUT2D eigenvalue weighted by atomic mass is 19.4. The number of aldehydes is 1. The maximum absolute atomic E-state index is 13.2. The van der Waals surface area contributed by atoms with E-state index in [1.165, 1.54) is 0 Å². The molecule has 0 N–H and O–H groups in total. The molecule has 0 heterocycles. The number of alkyl halides is 10. The molecule has 0 aromatic carbocycles. The summed E-state index contributed by atoms with van der Waals surface area (Å²) in [5.41, 5.74) is -5.55. The third-order valence-electron chi connectivity index (χ3n) is 3.07. The molecule has 22 heavy (non-hydrogen) atoms. The van der Waals surface area contributed by atoms with Gasteiger partial charge in [-0.1, -0.05) is 0 Å². The molecular weight excluding hydrogens is 338 g/mol. The minimum Gasteiger partial charge on any atom is -0.303 e. The SMILES string of the molecule is O=CCCC(CCCC(F)(C(F)(F)F)C(F)(F)F)C(F)(F)F. The summed E-state index contributed by atoms with van der Waals surface area (Å²) >= 11 is 0. The molecule has 0 aliphatic carbocycles. The van der Waals surface area contributed by atoms with Crippen molar-refractivity contribution in [1.82, 2.24) is 0 Å². The highest BCUT2D eigenvalue weighted by molar-refractivity contribution is 5.49. The molecule has 0 aromatic rings. The van der Waals surface area contributed by atoms with Crippen LogP contribution in [0.1, 0.15) is 32.1 Å². The molecule has 0 rings (SSSR count). The van der Waals surface area contributed by atoms with Gasteiger partial charge in [-0.2, -0.15) is 39.5 Å². The van der Waals surface area contributed by atoms with E-state index in [1.54, 1.807) is 0 Å². The summed E-state index contributed by atoms with van der Waals surface area (Å²) in [5, 5.41) is 0. The zero-order valence-corrected chi connectivity index (χ0v) is 10.9. The first kappa shape index (κ1) is 21.0. The average molecular weight is 350 g/mol. The molecule has 0 bridgehead atoms. The Hall–Kier alpha value is -1.03. The number of rotatable bonds is 7. The molecule has 0 fully saturated rings. The van der Waals surface area contributed by atoms with Gasteiger partial charge in [0, 0.05) is 6.42 Å². The number of carbonyl (C=O) groups is 1. The van der Waals surface area contributed by atoms with Crippen molar-refractivity contribution in [2.45, 2.75) is 56.3 Å². The van der Waals surface area contributed by atoms with Gasteiger partial charge in [-0.05, 0) is 25.7 Å². The topological polar surface area (TPSA) is 17.1 Å². The van der Waals surface area contributed by atoms with Gasteiger partial charge in [-0.15, -0.1) is 0 Å². The lowest BCUT2D eigenvalue weighted by Crippen LogP contribution is -2.53. The predicted molar refractivity (Wildman–Crippen MR) is 54.6 cm³/mol. The number of hydrogen-bond donors (Lipinski definition) is 0. The van der Waals surface area contributed by atoms with Gasteiger partial charge >= 0.3 is 18.5 Å². The Bertz CT molecular complexity index is 339. The first-order valence-electron chi connectivity index (χ1n) is 5.99. The van der Waals surface area contributed by atoms with E-state index in [4.69, 9.17) is 0 Å². The normalized spacial score (nSPS) is 15.7. The van der Waals surface area contributed by atoms with Crippen molar-refractivity contribution in [1.29, 1.82) is 0 Å². The number of halogens is 10. The molecule has 1 unspecified atom stereocenters. The maximum atomic E-state index is 13.2. The molecule has 0 aromatic heterocycles. The average Bonchev–Trinajstić information content (AvgIpc) is 2.28. The van der Waals surface area contributed by atoms with E-state index < -0.39 is 62.2 Å². The monoisotopic (exact) mass is 350 g/mol. The molecular formula is C11H12F10O. The van der Waals surface area contributed by atoms with Crippen LogP contribution in [-0.2, 0) is 4.79 Å². The molecule has 132 valence electrons. The van der Waals surface area contributed by atoms with E-state index in [-0.39, 0.29) is 6.29 Å². The van der Waals surface area contributed by atoms with E-state index in [2.05, 4.69) is 0 Å². The maximum Gasteiger partial charge on any atom is 0.431 e. The Morgan fingerprint density at radius 2 is 1.23 bits per heavy atom. The highest BCUT2D eigenvalue weighted by Crippen LogP contribution is 2.49. The van der Waals surface area contributed by atoms with Gasteiger partial charge in [0.15, 0.2) is 0 Å².